The van der Waals surface area contributed by atoms with Gasteiger partial charge in [-0.05, 0) is 28.9 Å². The van der Waals surface area contributed by atoms with E-state index in [2.05, 4.69) is 15.9 Å². The van der Waals surface area contributed by atoms with Crippen LogP contribution in [0.2, 0.25) is 0 Å². The second kappa shape index (κ2) is 6.02. The second-order valence-corrected chi connectivity index (χ2v) is 7.14. The van der Waals surface area contributed by atoms with E-state index in [1.54, 1.807) is 23.3 Å². The minimum atomic E-state index is -0.445. The number of carbonyl (C=O) groups excluding carboxylic acids is 1. The smallest absolute Gasteiger partial charge is 0.304 e. The van der Waals surface area contributed by atoms with Gasteiger partial charge in [0, 0.05) is 27.8 Å². The third kappa shape index (κ3) is 3.25. The number of ketones is 1. The van der Waals surface area contributed by atoms with E-state index in [9.17, 15) is 14.9 Å². The molecule has 8 heteroatoms. The summed E-state index contributed by atoms with van der Waals surface area (Å²) < 4.78 is 0.996. The lowest BCUT2D eigenvalue weighted by Gasteiger charge is -2.15. The summed E-state index contributed by atoms with van der Waals surface area (Å²) in [6.07, 6.45) is 0. The van der Waals surface area contributed by atoms with Crippen molar-refractivity contribution in [3.8, 4) is 0 Å². The molecule has 0 amide bonds. The van der Waals surface area contributed by atoms with E-state index in [0.29, 0.717) is 16.4 Å². The van der Waals surface area contributed by atoms with E-state index < -0.39 is 4.92 Å². The predicted octanol–water partition coefficient (Wildman–Crippen LogP) is 4.32. The van der Waals surface area contributed by atoms with E-state index in [1.165, 1.54) is 13.0 Å². The van der Waals surface area contributed by atoms with Gasteiger partial charge in [0.1, 0.15) is 0 Å². The van der Waals surface area contributed by atoms with Gasteiger partial charge >= 0.3 is 5.69 Å². The fourth-order valence-electron chi connectivity index (χ4n) is 1.69. The average Bonchev–Trinajstić information content (AvgIpc) is 2.95. The first-order valence-corrected chi connectivity index (χ1v) is 8.10. The van der Waals surface area contributed by atoms with Crippen molar-refractivity contribution in [2.75, 3.05) is 11.9 Å². The molecular weight excluding hydrogens is 364 g/mol. The van der Waals surface area contributed by atoms with Crippen molar-refractivity contribution in [3.05, 3.63) is 41.9 Å². The van der Waals surface area contributed by atoms with E-state index in [-0.39, 0.29) is 11.5 Å². The third-order valence-electron chi connectivity index (χ3n) is 2.60. The molecule has 0 unspecified atom stereocenters. The van der Waals surface area contributed by atoms with Crippen LogP contribution in [-0.4, -0.2) is 17.8 Å². The minimum absolute atomic E-state index is 0.0154. The maximum absolute atomic E-state index is 11.4. The fraction of sp³-hybridized carbons (Fsp3) is 0.250. The monoisotopic (exact) mass is 374 g/mol. The normalized spacial score (nSPS) is 10.6. The number of nitro groups is 1. The van der Waals surface area contributed by atoms with Crippen LogP contribution in [0.25, 0.3) is 0 Å². The van der Waals surface area contributed by atoms with Gasteiger partial charge < -0.3 is 4.90 Å². The largest absolute Gasteiger partial charge is 0.356 e. The summed E-state index contributed by atoms with van der Waals surface area (Å²) in [5, 5.41) is 13.6. The molecule has 0 aliphatic rings. The zero-order valence-corrected chi connectivity index (χ0v) is 14.0. The Hall–Kier alpha value is -1.25. The Labute approximate surface area is 132 Å². The molecule has 0 saturated carbocycles. The molecule has 0 N–H and O–H groups in total. The molecule has 2 heterocycles. The Bertz CT molecular complexity index is 665. The number of hydrogen-bond donors (Lipinski definition) is 0. The molecule has 0 bridgehead atoms. The summed E-state index contributed by atoms with van der Waals surface area (Å²) in [5.74, 6) is -0.156. The molecule has 5 nitrogen and oxygen atoms in total. The predicted molar refractivity (Wildman–Crippen MR) is 85.1 cm³/mol. The average molecular weight is 375 g/mol. The van der Waals surface area contributed by atoms with Crippen molar-refractivity contribution in [1.29, 1.82) is 0 Å². The van der Waals surface area contributed by atoms with E-state index in [0.717, 1.165) is 20.7 Å². The summed E-state index contributed by atoms with van der Waals surface area (Å²) in [7, 11) is 1.79. The number of halogens is 1. The van der Waals surface area contributed by atoms with Crippen LogP contribution in [0.5, 0.6) is 0 Å². The maximum Gasteiger partial charge on any atom is 0.304 e. The number of nitrogens with zero attached hydrogens (tertiary/aromatic N) is 2. The van der Waals surface area contributed by atoms with Crippen LogP contribution in [0.1, 0.15) is 21.5 Å². The molecule has 0 atom stereocenters. The maximum atomic E-state index is 11.4. The Morgan fingerprint density at radius 2 is 2.20 bits per heavy atom. The first kappa shape index (κ1) is 15.1. The molecule has 0 saturated heterocycles. The zero-order valence-electron chi connectivity index (χ0n) is 10.8. The van der Waals surface area contributed by atoms with Crippen LogP contribution in [0.4, 0.5) is 10.7 Å². The molecule has 2 aromatic heterocycles. The Morgan fingerprint density at radius 1 is 1.50 bits per heavy atom. The van der Waals surface area contributed by atoms with Crippen molar-refractivity contribution in [2.45, 2.75) is 13.5 Å². The number of carbonyl (C=O) groups is 1. The molecule has 0 aliphatic heterocycles. The lowest BCUT2D eigenvalue weighted by Crippen LogP contribution is -2.15. The van der Waals surface area contributed by atoms with Crippen molar-refractivity contribution in [2.24, 2.45) is 0 Å². The van der Waals surface area contributed by atoms with Gasteiger partial charge in [0.25, 0.3) is 0 Å². The Morgan fingerprint density at radius 3 is 2.70 bits per heavy atom. The van der Waals surface area contributed by atoms with Gasteiger partial charge in [-0.3, -0.25) is 14.9 Å². The van der Waals surface area contributed by atoms with Crippen molar-refractivity contribution in [3.63, 3.8) is 0 Å². The number of Topliss-reactive ketones (excluding diaryl/α,β-unsaturated/α-hetero) is 1. The topological polar surface area (TPSA) is 63.4 Å². The molecule has 2 aromatic rings. The van der Waals surface area contributed by atoms with Crippen LogP contribution >= 0.6 is 38.6 Å². The molecule has 2 rings (SSSR count). The first-order valence-electron chi connectivity index (χ1n) is 5.61. The first-order chi connectivity index (χ1) is 9.38. The summed E-state index contributed by atoms with van der Waals surface area (Å²) in [6.45, 7) is 1.98. The number of hydrogen-bond acceptors (Lipinski definition) is 6. The minimum Gasteiger partial charge on any atom is -0.356 e. The van der Waals surface area contributed by atoms with Crippen LogP contribution in [0.15, 0.2) is 22.0 Å². The molecule has 0 fully saturated rings. The molecule has 20 heavy (non-hydrogen) atoms. The lowest BCUT2D eigenvalue weighted by atomic mass is 10.3. The molecule has 106 valence electrons. The van der Waals surface area contributed by atoms with Gasteiger partial charge in [-0.1, -0.05) is 0 Å². The fourth-order valence-corrected chi connectivity index (χ4v) is 4.18. The van der Waals surface area contributed by atoms with E-state index >= 15 is 0 Å². The standard InChI is InChI=1S/C12H11BrN2O3S2/c1-7(16)11-4-10(15(17)18)12(20-11)14(2)5-9-3-8(13)6-19-9/h3-4,6H,5H2,1-2H3. The summed E-state index contributed by atoms with van der Waals surface area (Å²) >= 11 is 6.12. The Balaban J connectivity index is 2.30. The van der Waals surface area contributed by atoms with Crippen molar-refractivity contribution >= 4 is 55.1 Å². The number of anilines is 1. The molecule has 0 aromatic carbocycles. The zero-order chi connectivity index (χ0) is 14.9. The Kier molecular flexibility index (Phi) is 4.56. The number of thiophene rings is 2. The lowest BCUT2D eigenvalue weighted by molar-refractivity contribution is -0.383. The van der Waals surface area contributed by atoms with Gasteiger partial charge in [-0.25, -0.2) is 0 Å². The number of rotatable bonds is 5. The highest BCUT2D eigenvalue weighted by Gasteiger charge is 2.23. The highest BCUT2D eigenvalue weighted by atomic mass is 79.9. The second-order valence-electron chi connectivity index (χ2n) is 4.20. The third-order valence-corrected chi connectivity index (χ3v) is 5.62. The summed E-state index contributed by atoms with van der Waals surface area (Å²) in [6, 6.07) is 3.33. The molecule has 0 radical (unpaired) electrons. The molecule has 0 aliphatic carbocycles. The van der Waals surface area contributed by atoms with Crippen LogP contribution < -0.4 is 4.90 Å². The molecule has 0 spiro atoms. The quantitative estimate of drug-likeness (QED) is 0.444. The van der Waals surface area contributed by atoms with Gasteiger partial charge in [-0.2, -0.15) is 0 Å². The summed E-state index contributed by atoms with van der Waals surface area (Å²) in [5.41, 5.74) is -0.0154. The van der Waals surface area contributed by atoms with Gasteiger partial charge in [0.15, 0.2) is 10.8 Å². The highest BCUT2D eigenvalue weighted by molar-refractivity contribution is 9.10. The van der Waals surface area contributed by atoms with Crippen molar-refractivity contribution in [1.82, 2.24) is 0 Å². The van der Waals surface area contributed by atoms with Crippen LogP contribution in [0, 0.1) is 10.1 Å². The van der Waals surface area contributed by atoms with Crippen LogP contribution in [-0.2, 0) is 6.54 Å². The van der Waals surface area contributed by atoms with Gasteiger partial charge in [0.05, 0.1) is 16.3 Å². The van der Waals surface area contributed by atoms with Crippen molar-refractivity contribution < 1.29 is 9.72 Å². The van der Waals surface area contributed by atoms with Gasteiger partial charge in [0.2, 0.25) is 0 Å². The van der Waals surface area contributed by atoms with E-state index in [1.807, 2.05) is 11.4 Å². The molecular formula is C12H11BrN2O3S2. The van der Waals surface area contributed by atoms with Crippen LogP contribution in [0.3, 0.4) is 0 Å². The summed E-state index contributed by atoms with van der Waals surface area (Å²) in [4.78, 5) is 25.3. The van der Waals surface area contributed by atoms with E-state index in [4.69, 9.17) is 0 Å². The van der Waals surface area contributed by atoms with Gasteiger partial charge in [-0.15, -0.1) is 22.7 Å². The highest BCUT2D eigenvalue weighted by Crippen LogP contribution is 2.38. The SMILES string of the molecule is CC(=O)c1cc([N+](=O)[O-])c(N(C)Cc2cc(Br)cs2)s1.